The number of methoxy groups -OCH3 is 1. The summed E-state index contributed by atoms with van der Waals surface area (Å²) in [5.41, 5.74) is 1.53. The van der Waals surface area contributed by atoms with E-state index in [1.54, 1.807) is 43.3 Å². The number of carbonyl (C=O) groups excluding carboxylic acids is 2. The maximum absolute atomic E-state index is 12.7. The van der Waals surface area contributed by atoms with Crippen molar-refractivity contribution >= 4 is 34.8 Å². The molecule has 3 rings (SSSR count). The normalized spacial score (nSPS) is 10.4. The number of hydrogen-bond donors (Lipinski definition) is 2. The topological polar surface area (TPSA) is 98.1 Å². The number of aromatic nitrogens is 3. The summed E-state index contributed by atoms with van der Waals surface area (Å²) >= 11 is 6.21. The first-order valence-corrected chi connectivity index (χ1v) is 8.72. The largest absolute Gasteiger partial charge is 0.495 e. The number of benzene rings is 2. The molecule has 3 aromatic rings. The van der Waals surface area contributed by atoms with Crippen LogP contribution in [-0.4, -0.2) is 33.7 Å². The van der Waals surface area contributed by atoms with Crippen LogP contribution in [0, 0.1) is 6.92 Å². The van der Waals surface area contributed by atoms with Crippen LogP contribution in [-0.2, 0) is 4.79 Å². The molecule has 9 heteroatoms. The first-order valence-electron chi connectivity index (χ1n) is 8.34. The van der Waals surface area contributed by atoms with Gasteiger partial charge in [0.2, 0.25) is 11.7 Å². The molecule has 0 fully saturated rings. The van der Waals surface area contributed by atoms with Crippen LogP contribution in [0.2, 0.25) is 5.02 Å². The van der Waals surface area contributed by atoms with Crippen molar-refractivity contribution in [1.82, 2.24) is 14.8 Å². The Balaban J connectivity index is 1.89. The molecule has 0 bridgehead atoms. The first kappa shape index (κ1) is 19.4. The fourth-order valence-corrected chi connectivity index (χ4v) is 2.82. The van der Waals surface area contributed by atoms with E-state index in [0.29, 0.717) is 33.7 Å². The quantitative estimate of drug-likeness (QED) is 0.684. The molecule has 144 valence electrons. The Hall–Kier alpha value is -3.39. The van der Waals surface area contributed by atoms with Crippen molar-refractivity contribution in [3.05, 3.63) is 59.1 Å². The van der Waals surface area contributed by atoms with Crippen LogP contribution in [0.4, 0.5) is 11.4 Å². The Bertz CT molecular complexity index is 1050. The summed E-state index contributed by atoms with van der Waals surface area (Å²) in [6, 6.07) is 12.0. The minimum absolute atomic E-state index is 0.0237. The molecule has 1 aromatic heterocycles. The minimum atomic E-state index is -0.521. The second kappa shape index (κ2) is 8.10. The van der Waals surface area contributed by atoms with E-state index in [4.69, 9.17) is 16.3 Å². The third-order valence-electron chi connectivity index (χ3n) is 3.82. The van der Waals surface area contributed by atoms with E-state index < -0.39 is 5.91 Å². The molecule has 28 heavy (non-hydrogen) atoms. The number of ether oxygens (including phenoxy) is 1. The van der Waals surface area contributed by atoms with E-state index in [1.807, 2.05) is 6.07 Å². The van der Waals surface area contributed by atoms with Crippen molar-refractivity contribution in [3.63, 3.8) is 0 Å². The predicted molar refractivity (Wildman–Crippen MR) is 106 cm³/mol. The van der Waals surface area contributed by atoms with E-state index >= 15 is 0 Å². The van der Waals surface area contributed by atoms with Gasteiger partial charge in [0.1, 0.15) is 11.6 Å². The Labute approximate surface area is 166 Å². The van der Waals surface area contributed by atoms with Crippen LogP contribution in [0.3, 0.4) is 0 Å². The standard InChI is InChI=1S/C19H18ClN5O3/c1-11-21-18(24-25(11)16-7-5-4-6-14(16)20)19(27)23-15-10-13(22-12(2)26)8-9-17(15)28-3/h4-10H,1-3H3,(H,22,26)(H,23,27). The van der Waals surface area contributed by atoms with Crippen LogP contribution in [0.5, 0.6) is 5.75 Å². The Kier molecular flexibility index (Phi) is 5.60. The number of halogens is 1. The van der Waals surface area contributed by atoms with Crippen molar-refractivity contribution in [3.8, 4) is 11.4 Å². The smallest absolute Gasteiger partial charge is 0.295 e. The minimum Gasteiger partial charge on any atom is -0.495 e. The molecule has 8 nitrogen and oxygen atoms in total. The molecule has 2 aromatic carbocycles. The van der Waals surface area contributed by atoms with Crippen LogP contribution >= 0.6 is 11.6 Å². The molecule has 0 aliphatic carbocycles. The third kappa shape index (κ3) is 4.12. The van der Waals surface area contributed by atoms with Gasteiger partial charge in [-0.15, -0.1) is 5.10 Å². The van der Waals surface area contributed by atoms with Gasteiger partial charge in [0.05, 0.1) is 23.5 Å². The summed E-state index contributed by atoms with van der Waals surface area (Å²) in [7, 11) is 1.48. The molecule has 0 radical (unpaired) electrons. The molecule has 2 N–H and O–H groups in total. The Morgan fingerprint density at radius 3 is 2.57 bits per heavy atom. The van der Waals surface area contributed by atoms with Gasteiger partial charge >= 0.3 is 0 Å². The number of rotatable bonds is 5. The number of anilines is 2. The van der Waals surface area contributed by atoms with Gasteiger partial charge in [-0.3, -0.25) is 9.59 Å². The predicted octanol–water partition coefficient (Wildman–Crippen LogP) is 3.45. The summed E-state index contributed by atoms with van der Waals surface area (Å²) in [4.78, 5) is 28.2. The fraction of sp³-hybridized carbons (Fsp3) is 0.158. The lowest BCUT2D eigenvalue weighted by Crippen LogP contribution is -2.15. The molecule has 0 unspecified atom stereocenters. The van der Waals surface area contributed by atoms with Gasteiger partial charge in [-0.1, -0.05) is 23.7 Å². The molecular weight excluding hydrogens is 382 g/mol. The van der Waals surface area contributed by atoms with Gasteiger partial charge in [-0.2, -0.15) is 0 Å². The van der Waals surface area contributed by atoms with E-state index in [2.05, 4.69) is 20.7 Å². The maximum Gasteiger partial charge on any atom is 0.295 e. The fourth-order valence-electron chi connectivity index (χ4n) is 2.60. The van der Waals surface area contributed by atoms with Crippen LogP contribution in [0.15, 0.2) is 42.5 Å². The summed E-state index contributed by atoms with van der Waals surface area (Å²) in [5, 5.41) is 10.1. The zero-order valence-electron chi connectivity index (χ0n) is 15.5. The molecule has 0 saturated heterocycles. The third-order valence-corrected chi connectivity index (χ3v) is 4.14. The van der Waals surface area contributed by atoms with Gasteiger partial charge < -0.3 is 15.4 Å². The molecule has 0 saturated carbocycles. The van der Waals surface area contributed by atoms with Crippen LogP contribution in [0.25, 0.3) is 5.69 Å². The average Bonchev–Trinajstić information content (AvgIpc) is 3.03. The second-order valence-corrected chi connectivity index (χ2v) is 6.30. The van der Waals surface area contributed by atoms with Crippen molar-refractivity contribution in [2.75, 3.05) is 17.7 Å². The average molecular weight is 400 g/mol. The maximum atomic E-state index is 12.7. The lowest BCUT2D eigenvalue weighted by molar-refractivity contribution is -0.114. The van der Waals surface area contributed by atoms with Crippen LogP contribution in [0.1, 0.15) is 23.4 Å². The van der Waals surface area contributed by atoms with Crippen molar-refractivity contribution in [2.45, 2.75) is 13.8 Å². The second-order valence-electron chi connectivity index (χ2n) is 5.90. The van der Waals surface area contributed by atoms with E-state index in [0.717, 1.165) is 0 Å². The molecule has 0 atom stereocenters. The summed E-state index contributed by atoms with van der Waals surface area (Å²) in [6.07, 6.45) is 0. The molecule has 0 spiro atoms. The SMILES string of the molecule is COc1ccc(NC(C)=O)cc1NC(=O)c1nc(C)n(-c2ccccc2Cl)n1. The van der Waals surface area contributed by atoms with Gasteiger partial charge in [0.25, 0.3) is 5.91 Å². The van der Waals surface area contributed by atoms with Gasteiger partial charge in [0, 0.05) is 12.6 Å². The van der Waals surface area contributed by atoms with Crippen molar-refractivity contribution in [1.29, 1.82) is 0 Å². The van der Waals surface area contributed by atoms with Gasteiger partial charge in [-0.25, -0.2) is 9.67 Å². The number of carbonyl (C=O) groups is 2. The number of hydrogen-bond acceptors (Lipinski definition) is 5. The van der Waals surface area contributed by atoms with Crippen molar-refractivity contribution in [2.24, 2.45) is 0 Å². The Morgan fingerprint density at radius 2 is 1.89 bits per heavy atom. The number of aryl methyl sites for hydroxylation is 1. The lowest BCUT2D eigenvalue weighted by Gasteiger charge is -2.11. The zero-order valence-corrected chi connectivity index (χ0v) is 16.2. The first-order chi connectivity index (χ1) is 13.4. The van der Waals surface area contributed by atoms with E-state index in [-0.39, 0.29) is 11.7 Å². The van der Waals surface area contributed by atoms with Gasteiger partial charge in [-0.05, 0) is 37.3 Å². The monoisotopic (exact) mass is 399 g/mol. The summed E-state index contributed by atoms with van der Waals surface area (Å²) < 4.78 is 6.77. The van der Waals surface area contributed by atoms with Gasteiger partial charge in [0.15, 0.2) is 0 Å². The highest BCUT2D eigenvalue weighted by Gasteiger charge is 2.18. The van der Waals surface area contributed by atoms with E-state index in [1.165, 1.54) is 18.7 Å². The lowest BCUT2D eigenvalue weighted by atomic mass is 10.2. The molecule has 0 aliphatic heterocycles. The number of nitrogens with one attached hydrogen (secondary N) is 2. The highest BCUT2D eigenvalue weighted by atomic mass is 35.5. The van der Waals surface area contributed by atoms with E-state index in [9.17, 15) is 9.59 Å². The number of amides is 2. The van der Waals surface area contributed by atoms with Crippen molar-refractivity contribution < 1.29 is 14.3 Å². The number of nitrogens with zero attached hydrogens (tertiary/aromatic N) is 3. The highest BCUT2D eigenvalue weighted by molar-refractivity contribution is 6.32. The summed E-state index contributed by atoms with van der Waals surface area (Å²) in [6.45, 7) is 3.13. The molecule has 1 heterocycles. The molecule has 2 amide bonds. The van der Waals surface area contributed by atoms with Crippen LogP contribution < -0.4 is 15.4 Å². The highest BCUT2D eigenvalue weighted by Crippen LogP contribution is 2.28. The molecule has 0 aliphatic rings. The number of para-hydroxylation sites is 1. The summed E-state index contributed by atoms with van der Waals surface area (Å²) in [5.74, 6) is 0.178. The molecular formula is C19H18ClN5O3. The zero-order chi connectivity index (χ0) is 20.3. The Morgan fingerprint density at radius 1 is 1.14 bits per heavy atom.